The van der Waals surface area contributed by atoms with Crippen molar-refractivity contribution in [2.24, 2.45) is 0 Å². The second kappa shape index (κ2) is 12.2. The van der Waals surface area contributed by atoms with E-state index in [4.69, 9.17) is 0 Å². The third kappa shape index (κ3) is 6.52. The van der Waals surface area contributed by atoms with E-state index in [1.165, 1.54) is 15.9 Å². The number of hydrogen-bond acceptors (Lipinski definition) is 0. The van der Waals surface area contributed by atoms with E-state index in [0.29, 0.717) is 0 Å². The SMILES string of the molecule is [Fe].[Pd].[cH-]1[cH-][cH-][cH-][cH-]1.c1ccc(P(c2ccccc2)c2ccc[cH-]2)cc1. The smallest absolute Gasteiger partial charge is 0 e. The van der Waals surface area contributed by atoms with Crippen molar-refractivity contribution in [3.63, 3.8) is 0 Å². The third-order valence-corrected chi connectivity index (χ3v) is 5.93. The van der Waals surface area contributed by atoms with E-state index < -0.39 is 7.92 Å². The van der Waals surface area contributed by atoms with Crippen molar-refractivity contribution in [3.8, 4) is 0 Å². The van der Waals surface area contributed by atoms with Gasteiger partial charge in [-0.25, -0.2) is 12.1 Å². The van der Waals surface area contributed by atoms with Gasteiger partial charge in [-0.15, -0.1) is 5.30 Å². The minimum atomic E-state index is -0.409. The Morgan fingerprint density at radius 1 is 0.560 bits per heavy atom. The van der Waals surface area contributed by atoms with Crippen LogP contribution in [0.1, 0.15) is 0 Å². The Labute approximate surface area is 175 Å². The molecule has 0 aliphatic heterocycles. The van der Waals surface area contributed by atoms with Crippen LogP contribution < -0.4 is 15.9 Å². The molecule has 0 nitrogen and oxygen atoms in total. The molecule has 25 heavy (non-hydrogen) atoms. The van der Waals surface area contributed by atoms with Crippen LogP contribution in [-0.2, 0) is 37.5 Å². The maximum absolute atomic E-state index is 2.23. The maximum atomic E-state index is 2.23. The zero-order valence-electron chi connectivity index (χ0n) is 13.6. The maximum Gasteiger partial charge on any atom is 0 e. The standard InChI is InChI=1S/C17H14P.C5H5.Fe.Pd/c1-3-9-15(10-4-1)18(17-13-7-8-14-17)16-11-5-2-6-12-16;1-2-4-5-3-1;;/h1-14H;1-5H;;/q-1;-5;;. The Bertz CT molecular complexity index is 709. The van der Waals surface area contributed by atoms with Crippen molar-refractivity contribution in [2.75, 3.05) is 0 Å². The first-order valence-electron chi connectivity index (χ1n) is 7.74. The van der Waals surface area contributed by atoms with Gasteiger partial charge in [0.1, 0.15) is 0 Å². The normalized spacial score (nSPS) is 9.32. The van der Waals surface area contributed by atoms with Crippen LogP contribution in [0.15, 0.2) is 115 Å². The number of hydrogen-bond donors (Lipinski definition) is 0. The molecular formula is C22H19FePPd-6. The van der Waals surface area contributed by atoms with Gasteiger partial charge in [-0.3, -0.25) is 0 Å². The van der Waals surface area contributed by atoms with Crippen molar-refractivity contribution in [1.29, 1.82) is 0 Å². The molecule has 0 fully saturated rings. The Hall–Kier alpha value is -1.25. The molecule has 0 atom stereocenters. The van der Waals surface area contributed by atoms with E-state index in [2.05, 4.69) is 84.9 Å². The van der Waals surface area contributed by atoms with Gasteiger partial charge in [-0.2, -0.15) is 12.1 Å². The molecule has 0 saturated carbocycles. The fourth-order valence-corrected chi connectivity index (χ4v) is 4.74. The van der Waals surface area contributed by atoms with Crippen molar-refractivity contribution >= 4 is 23.8 Å². The summed E-state index contributed by atoms with van der Waals surface area (Å²) in [6.45, 7) is 0. The zero-order chi connectivity index (χ0) is 15.7. The molecule has 4 rings (SSSR count). The van der Waals surface area contributed by atoms with Crippen LogP contribution >= 0.6 is 7.92 Å². The van der Waals surface area contributed by atoms with Crippen LogP contribution in [0.3, 0.4) is 0 Å². The van der Waals surface area contributed by atoms with Crippen LogP contribution in [0, 0.1) is 0 Å². The van der Waals surface area contributed by atoms with Crippen molar-refractivity contribution in [1.82, 2.24) is 0 Å². The fourth-order valence-electron chi connectivity index (χ4n) is 2.44. The van der Waals surface area contributed by atoms with Crippen LogP contribution in [0.25, 0.3) is 0 Å². The largest absolute Gasteiger partial charge is 0.748 e. The monoisotopic (exact) mass is 476 g/mol. The van der Waals surface area contributed by atoms with Gasteiger partial charge in [-0.1, -0.05) is 60.7 Å². The van der Waals surface area contributed by atoms with E-state index in [1.807, 2.05) is 30.3 Å². The molecular weight excluding hydrogens is 457 g/mol. The van der Waals surface area contributed by atoms with Gasteiger partial charge in [-0.05, 0) is 18.5 Å². The minimum Gasteiger partial charge on any atom is -0.748 e. The molecule has 4 aromatic carbocycles. The minimum absolute atomic E-state index is 0. The zero-order valence-corrected chi connectivity index (χ0v) is 17.1. The van der Waals surface area contributed by atoms with E-state index in [-0.39, 0.29) is 37.5 Å². The molecule has 0 spiro atoms. The van der Waals surface area contributed by atoms with Gasteiger partial charge in [0.15, 0.2) is 0 Å². The summed E-state index contributed by atoms with van der Waals surface area (Å²) in [6, 6.07) is 40.2. The van der Waals surface area contributed by atoms with Crippen molar-refractivity contribution < 1.29 is 37.5 Å². The van der Waals surface area contributed by atoms with Gasteiger partial charge in [0.2, 0.25) is 0 Å². The summed E-state index contributed by atoms with van der Waals surface area (Å²) in [5.41, 5.74) is 0. The molecule has 0 amide bonds. The molecule has 0 aliphatic rings. The van der Waals surface area contributed by atoms with Crippen LogP contribution in [-0.4, -0.2) is 0 Å². The number of benzene rings is 2. The molecule has 0 aromatic heterocycles. The van der Waals surface area contributed by atoms with Gasteiger partial charge in [0.25, 0.3) is 0 Å². The molecule has 0 saturated heterocycles. The van der Waals surface area contributed by atoms with Crippen molar-refractivity contribution in [2.45, 2.75) is 0 Å². The first-order valence-corrected chi connectivity index (χ1v) is 9.08. The molecule has 4 aromatic rings. The van der Waals surface area contributed by atoms with Gasteiger partial charge < -0.3 is 30.3 Å². The first-order chi connectivity index (χ1) is 11.4. The van der Waals surface area contributed by atoms with Crippen molar-refractivity contribution in [3.05, 3.63) is 115 Å². The summed E-state index contributed by atoms with van der Waals surface area (Å²) in [5, 5.41) is 4.23. The van der Waals surface area contributed by atoms with Gasteiger partial charge in [0, 0.05) is 37.5 Å². The van der Waals surface area contributed by atoms with Crippen LogP contribution in [0.5, 0.6) is 0 Å². The second-order valence-corrected chi connectivity index (χ2v) is 7.33. The summed E-state index contributed by atoms with van der Waals surface area (Å²) >= 11 is 0. The van der Waals surface area contributed by atoms with E-state index in [0.717, 1.165) is 0 Å². The molecule has 0 N–H and O–H groups in total. The molecule has 0 aliphatic carbocycles. The van der Waals surface area contributed by atoms with Gasteiger partial charge in [0.05, 0.1) is 0 Å². The molecule has 0 unspecified atom stereocenters. The van der Waals surface area contributed by atoms with Crippen LogP contribution in [0.4, 0.5) is 0 Å². The average Bonchev–Trinajstić information content (AvgIpc) is 3.34. The molecule has 3 heteroatoms. The molecule has 0 heterocycles. The Morgan fingerprint density at radius 3 is 1.36 bits per heavy atom. The summed E-state index contributed by atoms with van der Waals surface area (Å²) in [5.74, 6) is 0. The van der Waals surface area contributed by atoms with E-state index in [9.17, 15) is 0 Å². The third-order valence-electron chi connectivity index (χ3n) is 3.49. The van der Waals surface area contributed by atoms with Gasteiger partial charge >= 0.3 is 0 Å². The predicted octanol–water partition coefficient (Wildman–Crippen LogP) is 4.56. The molecule has 136 valence electrons. The Balaban J connectivity index is 0.000000388. The molecule has 0 bridgehead atoms. The Kier molecular flexibility index (Phi) is 10.6. The van der Waals surface area contributed by atoms with E-state index in [1.54, 1.807) is 0 Å². The molecule has 0 radical (unpaired) electrons. The summed E-state index contributed by atoms with van der Waals surface area (Å²) in [4.78, 5) is 0. The van der Waals surface area contributed by atoms with E-state index >= 15 is 0 Å². The predicted molar refractivity (Wildman–Crippen MR) is 103 cm³/mol. The quantitative estimate of drug-likeness (QED) is 0.231. The Morgan fingerprint density at radius 2 is 1.00 bits per heavy atom. The summed E-state index contributed by atoms with van der Waals surface area (Å²) in [6.07, 6.45) is 0. The van der Waals surface area contributed by atoms with Crippen LogP contribution in [0.2, 0.25) is 0 Å². The summed E-state index contributed by atoms with van der Waals surface area (Å²) in [7, 11) is -0.409. The average molecular weight is 477 g/mol. The summed E-state index contributed by atoms with van der Waals surface area (Å²) < 4.78 is 0. The fraction of sp³-hybridized carbons (Fsp3) is 0. The second-order valence-electron chi connectivity index (χ2n) is 5.11. The number of rotatable bonds is 3. The topological polar surface area (TPSA) is 0 Å². The first kappa shape index (κ1) is 21.8.